The number of hydrogen-bond acceptors (Lipinski definition) is 4. The standard InChI is InChI=1S/C14H22BNO3S/c1-10-7-8-16-12(11(10)9-20(6)17)15-18-13(2,3)14(4,5)19-15/h7-8H,9H2,1-6H3. The first kappa shape index (κ1) is 15.7. The first-order valence-corrected chi connectivity index (χ1v) is 8.47. The molecule has 1 saturated heterocycles. The van der Waals surface area contributed by atoms with Crippen LogP contribution in [-0.4, -0.2) is 33.8 Å². The smallest absolute Gasteiger partial charge is 0.398 e. The maximum atomic E-state index is 11.6. The Kier molecular flexibility index (Phi) is 4.11. The zero-order chi connectivity index (χ0) is 15.1. The van der Waals surface area contributed by atoms with E-state index in [2.05, 4.69) is 4.98 Å². The molecule has 0 bridgehead atoms. The van der Waals surface area contributed by atoms with Gasteiger partial charge in [0.1, 0.15) is 0 Å². The molecule has 2 rings (SSSR count). The lowest BCUT2D eigenvalue weighted by atomic mass is 9.80. The summed E-state index contributed by atoms with van der Waals surface area (Å²) in [7, 11) is -1.43. The van der Waals surface area contributed by atoms with Gasteiger partial charge in [-0.3, -0.25) is 9.19 Å². The quantitative estimate of drug-likeness (QED) is 0.794. The monoisotopic (exact) mass is 295 g/mol. The molecule has 1 atom stereocenters. The molecule has 2 heterocycles. The Labute approximate surface area is 123 Å². The molecule has 0 amide bonds. The normalized spacial score (nSPS) is 22.0. The molecular formula is C14H22BNO3S. The van der Waals surface area contributed by atoms with Crippen LogP contribution < -0.4 is 5.59 Å². The zero-order valence-electron chi connectivity index (χ0n) is 13.0. The maximum absolute atomic E-state index is 11.6. The van der Waals surface area contributed by atoms with Crippen molar-refractivity contribution < 1.29 is 13.5 Å². The van der Waals surface area contributed by atoms with Crippen molar-refractivity contribution in [1.82, 2.24) is 4.98 Å². The van der Waals surface area contributed by atoms with Gasteiger partial charge in [-0.25, -0.2) is 0 Å². The van der Waals surface area contributed by atoms with E-state index in [0.717, 1.165) is 16.7 Å². The number of aromatic nitrogens is 1. The highest BCUT2D eigenvalue weighted by Gasteiger charge is 2.52. The van der Waals surface area contributed by atoms with Crippen LogP contribution in [0.15, 0.2) is 12.3 Å². The molecule has 1 aliphatic rings. The van der Waals surface area contributed by atoms with Crippen molar-refractivity contribution in [3.8, 4) is 0 Å². The van der Waals surface area contributed by atoms with Gasteiger partial charge in [0, 0.05) is 29.0 Å². The summed E-state index contributed by atoms with van der Waals surface area (Å²) >= 11 is 0. The Hall–Kier alpha value is -0.715. The van der Waals surface area contributed by atoms with Crippen molar-refractivity contribution in [3.05, 3.63) is 23.4 Å². The third-order valence-electron chi connectivity index (χ3n) is 4.15. The Morgan fingerprint density at radius 1 is 1.25 bits per heavy atom. The highest BCUT2D eigenvalue weighted by atomic mass is 32.2. The van der Waals surface area contributed by atoms with Crippen molar-refractivity contribution >= 4 is 23.5 Å². The molecule has 1 aromatic rings. The number of hydrogen-bond donors (Lipinski definition) is 0. The van der Waals surface area contributed by atoms with Crippen LogP contribution >= 0.6 is 0 Å². The van der Waals surface area contributed by atoms with Gasteiger partial charge in [-0.15, -0.1) is 0 Å². The van der Waals surface area contributed by atoms with Crippen LogP contribution in [-0.2, 0) is 25.9 Å². The molecule has 1 fully saturated rings. The van der Waals surface area contributed by atoms with E-state index in [-0.39, 0.29) is 0 Å². The molecule has 110 valence electrons. The number of nitrogens with zero attached hydrogens (tertiary/aromatic N) is 1. The van der Waals surface area contributed by atoms with Crippen LogP contribution in [0.4, 0.5) is 0 Å². The first-order chi connectivity index (χ1) is 9.14. The Morgan fingerprint density at radius 2 is 1.80 bits per heavy atom. The zero-order valence-corrected chi connectivity index (χ0v) is 13.8. The number of aryl methyl sites for hydroxylation is 1. The molecule has 6 heteroatoms. The average molecular weight is 295 g/mol. The minimum Gasteiger partial charge on any atom is -0.398 e. The molecular weight excluding hydrogens is 273 g/mol. The molecule has 0 spiro atoms. The second kappa shape index (κ2) is 5.24. The van der Waals surface area contributed by atoms with Gasteiger partial charge in [0.25, 0.3) is 0 Å². The molecule has 0 N–H and O–H groups in total. The van der Waals surface area contributed by atoms with Crippen LogP contribution in [0.3, 0.4) is 0 Å². The lowest BCUT2D eigenvalue weighted by Gasteiger charge is -2.32. The van der Waals surface area contributed by atoms with E-state index in [4.69, 9.17) is 9.31 Å². The fraction of sp³-hybridized carbons (Fsp3) is 0.643. The van der Waals surface area contributed by atoms with E-state index < -0.39 is 29.1 Å². The van der Waals surface area contributed by atoms with Gasteiger partial charge < -0.3 is 9.31 Å². The van der Waals surface area contributed by atoms with Gasteiger partial charge in [0.05, 0.1) is 16.8 Å². The van der Waals surface area contributed by atoms with Crippen molar-refractivity contribution in [1.29, 1.82) is 0 Å². The van der Waals surface area contributed by atoms with Gasteiger partial charge in [-0.1, -0.05) is 0 Å². The summed E-state index contributed by atoms with van der Waals surface area (Å²) in [4.78, 5) is 4.42. The van der Waals surface area contributed by atoms with E-state index in [1.165, 1.54) is 0 Å². The van der Waals surface area contributed by atoms with Gasteiger partial charge >= 0.3 is 7.12 Å². The Bertz CT molecular complexity index is 529. The molecule has 0 saturated carbocycles. The van der Waals surface area contributed by atoms with Gasteiger partial charge in [0.2, 0.25) is 0 Å². The van der Waals surface area contributed by atoms with Crippen LogP contribution in [0.1, 0.15) is 38.8 Å². The van der Waals surface area contributed by atoms with Gasteiger partial charge in [-0.05, 0) is 51.8 Å². The molecule has 1 unspecified atom stereocenters. The Morgan fingerprint density at radius 3 is 2.30 bits per heavy atom. The van der Waals surface area contributed by atoms with Crippen molar-refractivity contribution in [2.45, 2.75) is 51.6 Å². The van der Waals surface area contributed by atoms with E-state index >= 15 is 0 Å². The van der Waals surface area contributed by atoms with E-state index in [1.807, 2.05) is 40.7 Å². The van der Waals surface area contributed by atoms with Crippen LogP contribution in [0.25, 0.3) is 0 Å². The number of rotatable bonds is 3. The SMILES string of the molecule is Cc1ccnc(B2OC(C)(C)C(C)(C)O2)c1CS(C)=O. The fourth-order valence-corrected chi connectivity index (χ4v) is 2.94. The third kappa shape index (κ3) is 2.82. The van der Waals surface area contributed by atoms with Crippen LogP contribution in [0.5, 0.6) is 0 Å². The van der Waals surface area contributed by atoms with Crippen molar-refractivity contribution in [2.24, 2.45) is 0 Å². The second-order valence-electron chi connectivity index (χ2n) is 6.30. The average Bonchev–Trinajstić information content (AvgIpc) is 2.50. The largest absolute Gasteiger partial charge is 0.514 e. The van der Waals surface area contributed by atoms with E-state index in [1.54, 1.807) is 12.5 Å². The molecule has 1 aliphatic heterocycles. The summed E-state index contributed by atoms with van der Waals surface area (Å²) in [5.41, 5.74) is 1.99. The highest BCUT2D eigenvalue weighted by molar-refractivity contribution is 7.83. The van der Waals surface area contributed by atoms with Crippen LogP contribution in [0.2, 0.25) is 0 Å². The molecule has 0 aliphatic carbocycles. The molecule has 1 aromatic heterocycles. The highest BCUT2D eigenvalue weighted by Crippen LogP contribution is 2.36. The minimum atomic E-state index is -0.927. The van der Waals surface area contributed by atoms with Gasteiger partial charge in [-0.2, -0.15) is 0 Å². The molecule has 0 aromatic carbocycles. The summed E-state index contributed by atoms with van der Waals surface area (Å²) in [6.45, 7) is 10.1. The lowest BCUT2D eigenvalue weighted by Crippen LogP contribution is -2.41. The Balaban J connectivity index is 2.40. The molecule has 4 nitrogen and oxygen atoms in total. The third-order valence-corrected chi connectivity index (χ3v) is 4.84. The summed E-state index contributed by atoms with van der Waals surface area (Å²) in [6.07, 6.45) is 3.44. The van der Waals surface area contributed by atoms with Gasteiger partial charge in [0.15, 0.2) is 0 Å². The second-order valence-corrected chi connectivity index (χ2v) is 7.73. The maximum Gasteiger partial charge on any atom is 0.514 e. The van der Waals surface area contributed by atoms with E-state index in [0.29, 0.717) is 5.75 Å². The van der Waals surface area contributed by atoms with E-state index in [9.17, 15) is 4.21 Å². The predicted octanol–water partition coefficient (Wildman–Crippen LogP) is 1.57. The summed E-state index contributed by atoms with van der Waals surface area (Å²) in [6, 6.07) is 1.93. The first-order valence-electron chi connectivity index (χ1n) is 6.74. The fourth-order valence-electron chi connectivity index (χ4n) is 2.16. The number of pyridine rings is 1. The summed E-state index contributed by atoms with van der Waals surface area (Å²) < 4.78 is 23.7. The van der Waals surface area contributed by atoms with Crippen molar-refractivity contribution in [2.75, 3.05) is 6.26 Å². The minimum absolute atomic E-state index is 0.397. The predicted molar refractivity (Wildman–Crippen MR) is 82.5 cm³/mol. The van der Waals surface area contributed by atoms with Crippen LogP contribution in [0, 0.1) is 6.92 Å². The molecule has 0 radical (unpaired) electrons. The lowest BCUT2D eigenvalue weighted by molar-refractivity contribution is 0.00578. The van der Waals surface area contributed by atoms with Crippen molar-refractivity contribution in [3.63, 3.8) is 0 Å². The summed E-state index contributed by atoms with van der Waals surface area (Å²) in [5.74, 6) is 0.471. The summed E-state index contributed by atoms with van der Waals surface area (Å²) in [5, 5.41) is 0. The molecule has 20 heavy (non-hydrogen) atoms. The topological polar surface area (TPSA) is 48.4 Å².